The molecule has 2 rings (SSSR count). The van der Waals surface area contributed by atoms with Crippen molar-refractivity contribution < 1.29 is 9.53 Å². The Kier molecular flexibility index (Phi) is 4.22. The Balaban J connectivity index is 1.79. The van der Waals surface area contributed by atoms with Gasteiger partial charge in [-0.3, -0.25) is 4.79 Å². The number of esters is 1. The highest BCUT2D eigenvalue weighted by Crippen LogP contribution is 2.17. The van der Waals surface area contributed by atoms with Crippen LogP contribution in [0.3, 0.4) is 0 Å². The van der Waals surface area contributed by atoms with Crippen LogP contribution < -0.4 is 5.32 Å². The van der Waals surface area contributed by atoms with Gasteiger partial charge in [0.1, 0.15) is 23.4 Å². The van der Waals surface area contributed by atoms with Gasteiger partial charge in [0.25, 0.3) is 0 Å². The normalized spacial score (nSPS) is 11.6. The molecule has 2 N–H and O–H groups in total. The van der Waals surface area contributed by atoms with Crippen LogP contribution in [0.25, 0.3) is 11.0 Å². The summed E-state index contributed by atoms with van der Waals surface area (Å²) in [4.78, 5) is 22.9. The maximum atomic E-state index is 11.6. The number of anilines is 1. The molecule has 108 valence electrons. The van der Waals surface area contributed by atoms with Gasteiger partial charge in [-0.25, -0.2) is 9.97 Å². The van der Waals surface area contributed by atoms with E-state index in [-0.39, 0.29) is 5.97 Å². The molecule has 2 aromatic heterocycles. The first-order valence-corrected chi connectivity index (χ1v) is 6.69. The summed E-state index contributed by atoms with van der Waals surface area (Å²) in [6, 6.07) is 1.92. The summed E-state index contributed by atoms with van der Waals surface area (Å²) >= 11 is 0. The molecule has 0 radical (unpaired) electrons. The molecule has 0 amide bonds. The third kappa shape index (κ3) is 3.94. The number of nitrogens with zero attached hydrogens (tertiary/aromatic N) is 2. The molecule has 0 aromatic carbocycles. The van der Waals surface area contributed by atoms with Crippen LogP contribution in [0.2, 0.25) is 0 Å². The average molecular weight is 276 g/mol. The van der Waals surface area contributed by atoms with E-state index in [0.717, 1.165) is 16.9 Å². The van der Waals surface area contributed by atoms with Gasteiger partial charge in [0, 0.05) is 19.2 Å². The number of ether oxygens (including phenoxy) is 1. The van der Waals surface area contributed by atoms with E-state index in [9.17, 15) is 4.79 Å². The molecular formula is C14H20N4O2. The number of carbonyl (C=O) groups excluding carboxylic acids is 1. The summed E-state index contributed by atoms with van der Waals surface area (Å²) in [5.41, 5.74) is 0.378. The van der Waals surface area contributed by atoms with Gasteiger partial charge in [-0.1, -0.05) is 0 Å². The van der Waals surface area contributed by atoms with Crippen LogP contribution >= 0.6 is 0 Å². The molecule has 0 saturated carbocycles. The van der Waals surface area contributed by atoms with Crippen LogP contribution in [-0.2, 0) is 9.53 Å². The smallest absolute Gasteiger partial charge is 0.306 e. The molecule has 0 bridgehead atoms. The number of nitrogens with one attached hydrogen (secondary N) is 2. The van der Waals surface area contributed by atoms with Crippen molar-refractivity contribution in [3.05, 3.63) is 18.6 Å². The molecule has 20 heavy (non-hydrogen) atoms. The largest absolute Gasteiger partial charge is 0.460 e. The van der Waals surface area contributed by atoms with Gasteiger partial charge in [-0.15, -0.1) is 0 Å². The Bertz CT molecular complexity index is 586. The van der Waals surface area contributed by atoms with Crippen molar-refractivity contribution in [1.82, 2.24) is 15.0 Å². The van der Waals surface area contributed by atoms with E-state index in [1.54, 1.807) is 0 Å². The lowest BCUT2D eigenvalue weighted by Gasteiger charge is -2.19. The van der Waals surface area contributed by atoms with Crippen molar-refractivity contribution in [2.24, 2.45) is 0 Å². The highest BCUT2D eigenvalue weighted by atomic mass is 16.6. The topological polar surface area (TPSA) is 79.9 Å². The number of carbonyl (C=O) groups is 1. The van der Waals surface area contributed by atoms with Gasteiger partial charge in [0.2, 0.25) is 0 Å². The predicted molar refractivity (Wildman–Crippen MR) is 77.5 cm³/mol. The van der Waals surface area contributed by atoms with Crippen LogP contribution in [0.5, 0.6) is 0 Å². The zero-order valence-electron chi connectivity index (χ0n) is 12.1. The Morgan fingerprint density at radius 3 is 2.95 bits per heavy atom. The molecule has 0 aliphatic heterocycles. The number of hydrogen-bond acceptors (Lipinski definition) is 5. The fraction of sp³-hybridized carbons (Fsp3) is 0.500. The van der Waals surface area contributed by atoms with Crippen LogP contribution in [0.1, 0.15) is 33.6 Å². The summed E-state index contributed by atoms with van der Waals surface area (Å²) in [6.07, 6.45) is 4.43. The first-order chi connectivity index (χ1) is 9.46. The predicted octanol–water partition coefficient (Wildman–Crippen LogP) is 2.49. The van der Waals surface area contributed by atoms with Crippen molar-refractivity contribution in [1.29, 1.82) is 0 Å². The van der Waals surface area contributed by atoms with E-state index < -0.39 is 5.60 Å². The number of H-pyrrole nitrogens is 1. The number of aromatic nitrogens is 3. The Morgan fingerprint density at radius 2 is 2.20 bits per heavy atom. The fourth-order valence-electron chi connectivity index (χ4n) is 1.85. The molecule has 0 aliphatic rings. The molecule has 0 atom stereocenters. The zero-order chi connectivity index (χ0) is 14.6. The highest BCUT2D eigenvalue weighted by molar-refractivity contribution is 5.86. The van der Waals surface area contributed by atoms with Gasteiger partial charge in [-0.2, -0.15) is 0 Å². The van der Waals surface area contributed by atoms with Crippen molar-refractivity contribution in [3.63, 3.8) is 0 Å². The van der Waals surface area contributed by atoms with Crippen LogP contribution in [0.15, 0.2) is 18.6 Å². The minimum atomic E-state index is -0.422. The molecule has 0 spiro atoms. The molecule has 0 saturated heterocycles. The highest BCUT2D eigenvalue weighted by Gasteiger charge is 2.15. The second-order valence-electron chi connectivity index (χ2n) is 5.58. The maximum Gasteiger partial charge on any atom is 0.306 e. The second kappa shape index (κ2) is 5.90. The third-order valence-corrected chi connectivity index (χ3v) is 2.62. The first kappa shape index (κ1) is 14.3. The van der Waals surface area contributed by atoms with Gasteiger partial charge in [-0.05, 0) is 33.3 Å². The number of rotatable bonds is 5. The summed E-state index contributed by atoms with van der Waals surface area (Å²) in [5, 5.41) is 4.16. The van der Waals surface area contributed by atoms with E-state index in [1.807, 2.05) is 33.0 Å². The Hall–Kier alpha value is -2.11. The molecule has 0 unspecified atom stereocenters. The summed E-state index contributed by atoms with van der Waals surface area (Å²) < 4.78 is 5.25. The maximum absolute atomic E-state index is 11.6. The standard InChI is InChI=1S/C14H20N4O2/c1-14(2,3)20-11(19)5-4-7-15-12-10-6-8-16-13(10)18-9-17-12/h6,8-9H,4-5,7H2,1-3H3,(H2,15,16,17,18). The van der Waals surface area contributed by atoms with Gasteiger partial charge in [0.05, 0.1) is 5.39 Å². The summed E-state index contributed by atoms with van der Waals surface area (Å²) in [6.45, 7) is 6.27. The quantitative estimate of drug-likeness (QED) is 0.648. The monoisotopic (exact) mass is 276 g/mol. The molecule has 0 aliphatic carbocycles. The van der Waals surface area contributed by atoms with Gasteiger partial charge < -0.3 is 15.0 Å². The molecular weight excluding hydrogens is 256 g/mol. The summed E-state index contributed by atoms with van der Waals surface area (Å²) in [7, 11) is 0. The Labute approximate surface area is 118 Å². The van der Waals surface area contributed by atoms with Crippen LogP contribution in [-0.4, -0.2) is 33.1 Å². The SMILES string of the molecule is CC(C)(C)OC(=O)CCCNc1ncnc2[nH]ccc12. The van der Waals surface area contributed by atoms with E-state index in [0.29, 0.717) is 19.4 Å². The fourth-order valence-corrected chi connectivity index (χ4v) is 1.85. The van der Waals surface area contributed by atoms with E-state index in [2.05, 4.69) is 20.3 Å². The lowest BCUT2D eigenvalue weighted by Crippen LogP contribution is -2.24. The van der Waals surface area contributed by atoms with Gasteiger partial charge in [0.15, 0.2) is 0 Å². The van der Waals surface area contributed by atoms with E-state index in [1.165, 1.54) is 6.33 Å². The zero-order valence-corrected chi connectivity index (χ0v) is 12.1. The van der Waals surface area contributed by atoms with Crippen molar-refractivity contribution in [2.45, 2.75) is 39.2 Å². The first-order valence-electron chi connectivity index (χ1n) is 6.69. The Morgan fingerprint density at radius 1 is 1.40 bits per heavy atom. The molecule has 6 heteroatoms. The van der Waals surface area contributed by atoms with Crippen molar-refractivity contribution in [2.75, 3.05) is 11.9 Å². The van der Waals surface area contributed by atoms with E-state index >= 15 is 0 Å². The molecule has 0 fully saturated rings. The lowest BCUT2D eigenvalue weighted by molar-refractivity contribution is -0.154. The minimum absolute atomic E-state index is 0.172. The molecule has 6 nitrogen and oxygen atoms in total. The summed E-state index contributed by atoms with van der Waals surface area (Å²) in [5.74, 6) is 0.606. The van der Waals surface area contributed by atoms with Gasteiger partial charge >= 0.3 is 5.97 Å². The average Bonchev–Trinajstić information content (AvgIpc) is 2.81. The minimum Gasteiger partial charge on any atom is -0.460 e. The second-order valence-corrected chi connectivity index (χ2v) is 5.58. The number of hydrogen-bond donors (Lipinski definition) is 2. The van der Waals surface area contributed by atoms with Crippen LogP contribution in [0, 0.1) is 0 Å². The van der Waals surface area contributed by atoms with Crippen molar-refractivity contribution >= 4 is 22.8 Å². The lowest BCUT2D eigenvalue weighted by atomic mass is 10.2. The molecule has 2 heterocycles. The van der Waals surface area contributed by atoms with E-state index in [4.69, 9.17) is 4.74 Å². The third-order valence-electron chi connectivity index (χ3n) is 2.62. The van der Waals surface area contributed by atoms with Crippen molar-refractivity contribution in [3.8, 4) is 0 Å². The number of aromatic amines is 1. The number of fused-ring (bicyclic) bond motifs is 1. The van der Waals surface area contributed by atoms with Crippen LogP contribution in [0.4, 0.5) is 5.82 Å². The molecule has 2 aromatic rings.